The molecular formula is C8H17IN2O3. The molecule has 0 fully saturated rings. The van der Waals surface area contributed by atoms with Crippen LogP contribution in [0, 0.1) is 0 Å². The van der Waals surface area contributed by atoms with Gasteiger partial charge in [-0.3, -0.25) is 0 Å². The molecule has 0 rings (SSSR count). The van der Waals surface area contributed by atoms with Crippen LogP contribution in [0.5, 0.6) is 0 Å². The molecule has 14 heavy (non-hydrogen) atoms. The van der Waals surface area contributed by atoms with E-state index in [1.807, 2.05) is 22.6 Å². The SMILES string of the molecule is CC(C)(C)OC(=O)NC(CO)C(N)I. The first-order valence-corrected chi connectivity index (χ1v) is 5.51. The molecule has 4 N–H and O–H groups in total. The maximum Gasteiger partial charge on any atom is 0.408 e. The van der Waals surface area contributed by atoms with Crippen molar-refractivity contribution in [2.24, 2.45) is 5.73 Å². The van der Waals surface area contributed by atoms with Crippen molar-refractivity contribution in [3.05, 3.63) is 0 Å². The number of carbonyl (C=O) groups excluding carboxylic acids is 1. The van der Waals surface area contributed by atoms with Crippen molar-refractivity contribution >= 4 is 28.7 Å². The van der Waals surface area contributed by atoms with Crippen LogP contribution in [0.15, 0.2) is 0 Å². The number of nitrogens with one attached hydrogen (secondary N) is 1. The smallest absolute Gasteiger partial charge is 0.408 e. The molecular weight excluding hydrogens is 299 g/mol. The molecule has 0 saturated carbocycles. The summed E-state index contributed by atoms with van der Waals surface area (Å²) in [7, 11) is 0. The van der Waals surface area contributed by atoms with E-state index in [-0.39, 0.29) is 10.7 Å². The fourth-order valence-corrected chi connectivity index (χ4v) is 1.09. The lowest BCUT2D eigenvalue weighted by Crippen LogP contribution is -2.48. The molecule has 0 radical (unpaired) electrons. The Labute approximate surface area is 97.5 Å². The summed E-state index contributed by atoms with van der Waals surface area (Å²) < 4.78 is 4.66. The van der Waals surface area contributed by atoms with Crippen LogP contribution in [0.1, 0.15) is 20.8 Å². The van der Waals surface area contributed by atoms with Crippen molar-refractivity contribution in [1.29, 1.82) is 0 Å². The van der Waals surface area contributed by atoms with Crippen molar-refractivity contribution in [1.82, 2.24) is 5.32 Å². The summed E-state index contributed by atoms with van der Waals surface area (Å²) in [5.74, 6) is 0. The average Bonchev–Trinajstić information content (AvgIpc) is 1.96. The number of ether oxygens (including phenoxy) is 1. The Morgan fingerprint density at radius 1 is 1.64 bits per heavy atom. The summed E-state index contributed by atoms with van der Waals surface area (Å²) in [6.07, 6.45) is -0.566. The van der Waals surface area contributed by atoms with Crippen LogP contribution in [-0.2, 0) is 4.74 Å². The van der Waals surface area contributed by atoms with Gasteiger partial charge in [0.1, 0.15) is 5.60 Å². The maximum absolute atomic E-state index is 11.2. The number of aliphatic hydroxyl groups excluding tert-OH is 1. The van der Waals surface area contributed by atoms with E-state index >= 15 is 0 Å². The summed E-state index contributed by atoms with van der Waals surface area (Å²) in [6, 6.07) is -0.481. The second kappa shape index (κ2) is 5.72. The quantitative estimate of drug-likeness (QED) is 0.404. The van der Waals surface area contributed by atoms with Crippen molar-refractivity contribution in [3.8, 4) is 0 Å². The lowest BCUT2D eigenvalue weighted by molar-refractivity contribution is 0.0483. The minimum absolute atomic E-state index is 0.205. The number of aliphatic hydroxyl groups is 1. The molecule has 0 aliphatic carbocycles. The van der Waals surface area contributed by atoms with Gasteiger partial charge in [-0.1, -0.05) is 22.6 Å². The molecule has 0 heterocycles. The highest BCUT2D eigenvalue weighted by Crippen LogP contribution is 2.07. The molecule has 6 heteroatoms. The lowest BCUT2D eigenvalue weighted by atomic mass is 10.2. The largest absolute Gasteiger partial charge is 0.444 e. The summed E-state index contributed by atoms with van der Waals surface area (Å²) in [5, 5.41) is 11.4. The second-order valence-corrected chi connectivity index (χ2v) is 5.32. The molecule has 0 aromatic carbocycles. The zero-order chi connectivity index (χ0) is 11.4. The van der Waals surface area contributed by atoms with E-state index in [9.17, 15) is 4.79 Å². The number of carbonyl (C=O) groups is 1. The Hall–Kier alpha value is -0.0800. The van der Waals surface area contributed by atoms with Crippen LogP contribution in [0.2, 0.25) is 0 Å². The predicted molar refractivity (Wildman–Crippen MR) is 62.2 cm³/mol. The van der Waals surface area contributed by atoms with Gasteiger partial charge in [0.25, 0.3) is 0 Å². The molecule has 2 atom stereocenters. The van der Waals surface area contributed by atoms with E-state index in [1.54, 1.807) is 20.8 Å². The third-order valence-corrected chi connectivity index (χ3v) is 2.15. The third-order valence-electron chi connectivity index (χ3n) is 1.28. The number of nitrogens with two attached hydrogens (primary N) is 1. The second-order valence-electron chi connectivity index (χ2n) is 3.88. The first-order valence-electron chi connectivity index (χ1n) is 4.26. The van der Waals surface area contributed by atoms with E-state index < -0.39 is 17.7 Å². The Bertz CT molecular complexity index is 192. The van der Waals surface area contributed by atoms with E-state index in [0.29, 0.717) is 0 Å². The number of rotatable bonds is 3. The average molecular weight is 316 g/mol. The highest BCUT2D eigenvalue weighted by molar-refractivity contribution is 14.1. The Kier molecular flexibility index (Phi) is 5.68. The standard InChI is InChI=1S/C8H17IN2O3/c1-8(2,3)14-7(13)11-5(4-12)6(9)10/h5-6,12H,4,10H2,1-3H3,(H,11,13). The normalized spacial score (nSPS) is 15.9. The van der Waals surface area contributed by atoms with Gasteiger partial charge < -0.3 is 20.9 Å². The molecule has 2 unspecified atom stereocenters. The number of hydrogen-bond acceptors (Lipinski definition) is 4. The molecule has 0 saturated heterocycles. The molecule has 0 aromatic heterocycles. The van der Waals surface area contributed by atoms with Crippen LogP contribution in [-0.4, -0.2) is 33.5 Å². The van der Waals surface area contributed by atoms with E-state index in [2.05, 4.69) is 5.32 Å². The van der Waals surface area contributed by atoms with Crippen molar-refractivity contribution in [2.75, 3.05) is 6.61 Å². The fraction of sp³-hybridized carbons (Fsp3) is 0.875. The van der Waals surface area contributed by atoms with Gasteiger partial charge in [0.15, 0.2) is 0 Å². The van der Waals surface area contributed by atoms with Crippen molar-refractivity contribution < 1.29 is 14.6 Å². The monoisotopic (exact) mass is 316 g/mol. The molecule has 0 aliphatic heterocycles. The van der Waals surface area contributed by atoms with Gasteiger partial charge in [-0.15, -0.1) is 0 Å². The molecule has 5 nitrogen and oxygen atoms in total. The Balaban J connectivity index is 4.04. The summed E-state index contributed by atoms with van der Waals surface area (Å²) in [5.41, 5.74) is 4.97. The highest BCUT2D eigenvalue weighted by Gasteiger charge is 2.21. The summed E-state index contributed by atoms with van der Waals surface area (Å²) >= 11 is 1.92. The van der Waals surface area contributed by atoms with Gasteiger partial charge in [-0.25, -0.2) is 4.79 Å². The molecule has 84 valence electrons. The van der Waals surface area contributed by atoms with Gasteiger partial charge in [-0.05, 0) is 20.8 Å². The highest BCUT2D eigenvalue weighted by atomic mass is 127. The van der Waals surface area contributed by atoms with Crippen LogP contribution in [0.25, 0.3) is 0 Å². The summed E-state index contributed by atoms with van der Waals surface area (Å²) in [4.78, 5) is 11.2. The van der Waals surface area contributed by atoms with Crippen molar-refractivity contribution in [2.45, 2.75) is 36.5 Å². The van der Waals surface area contributed by atoms with Gasteiger partial charge >= 0.3 is 6.09 Å². The van der Waals surface area contributed by atoms with Gasteiger partial charge in [-0.2, -0.15) is 0 Å². The molecule has 0 aliphatic rings. The first kappa shape index (κ1) is 13.9. The number of amides is 1. The summed E-state index contributed by atoms with van der Waals surface area (Å²) in [6.45, 7) is 5.10. The fourth-order valence-electron chi connectivity index (χ4n) is 0.685. The lowest BCUT2D eigenvalue weighted by Gasteiger charge is -2.23. The number of hydrogen-bond donors (Lipinski definition) is 3. The van der Waals surface area contributed by atoms with Crippen LogP contribution >= 0.6 is 22.6 Å². The van der Waals surface area contributed by atoms with E-state index in [0.717, 1.165) is 0 Å². The van der Waals surface area contributed by atoms with Crippen molar-refractivity contribution in [3.63, 3.8) is 0 Å². The van der Waals surface area contributed by atoms with Crippen LogP contribution in [0.3, 0.4) is 0 Å². The molecule has 0 bridgehead atoms. The topological polar surface area (TPSA) is 84.6 Å². The van der Waals surface area contributed by atoms with Crippen LogP contribution < -0.4 is 11.1 Å². The number of alkyl halides is 1. The molecule has 0 aromatic rings. The first-order chi connectivity index (χ1) is 6.26. The number of halogens is 1. The minimum Gasteiger partial charge on any atom is -0.444 e. The predicted octanol–water partition coefficient (Wildman–Crippen LogP) is 0.592. The Morgan fingerprint density at radius 2 is 2.14 bits per heavy atom. The number of alkyl carbamates (subject to hydrolysis) is 1. The van der Waals surface area contributed by atoms with Gasteiger partial charge in [0.2, 0.25) is 0 Å². The molecule has 1 amide bonds. The van der Waals surface area contributed by atoms with E-state index in [1.165, 1.54) is 0 Å². The maximum atomic E-state index is 11.2. The Morgan fingerprint density at radius 3 is 2.43 bits per heavy atom. The van der Waals surface area contributed by atoms with Crippen LogP contribution in [0.4, 0.5) is 4.79 Å². The molecule has 0 spiro atoms. The van der Waals surface area contributed by atoms with Gasteiger partial charge in [0.05, 0.1) is 16.7 Å². The zero-order valence-electron chi connectivity index (χ0n) is 8.58. The van der Waals surface area contributed by atoms with E-state index in [4.69, 9.17) is 15.6 Å². The third kappa shape index (κ3) is 6.39. The van der Waals surface area contributed by atoms with Gasteiger partial charge in [0, 0.05) is 0 Å². The zero-order valence-corrected chi connectivity index (χ0v) is 10.7. The minimum atomic E-state index is -0.566.